The van der Waals surface area contributed by atoms with Gasteiger partial charge in [-0.05, 0) is 25.0 Å². The van der Waals surface area contributed by atoms with Crippen molar-refractivity contribution >= 4 is 5.97 Å². The highest BCUT2D eigenvalue weighted by atomic mass is 16.5. The third-order valence-electron chi connectivity index (χ3n) is 3.06. The summed E-state index contributed by atoms with van der Waals surface area (Å²) in [6.07, 6.45) is 2.26. The summed E-state index contributed by atoms with van der Waals surface area (Å²) < 4.78 is 7.23. The maximum atomic E-state index is 10.9. The van der Waals surface area contributed by atoms with Crippen molar-refractivity contribution < 1.29 is 14.6 Å². The van der Waals surface area contributed by atoms with Crippen LogP contribution in [0.2, 0.25) is 0 Å². The van der Waals surface area contributed by atoms with Gasteiger partial charge in [-0.15, -0.1) is 0 Å². The number of hydrogen-bond acceptors (Lipinski definition) is 3. The number of rotatable bonds is 7. The molecule has 5 heteroatoms. The van der Waals surface area contributed by atoms with Gasteiger partial charge < -0.3 is 9.84 Å². The van der Waals surface area contributed by atoms with E-state index in [0.717, 1.165) is 12.0 Å². The number of aryl methyl sites for hydroxylation is 1. The Labute approximate surface area is 117 Å². The van der Waals surface area contributed by atoms with E-state index in [9.17, 15) is 4.79 Å². The summed E-state index contributed by atoms with van der Waals surface area (Å²) in [5, 5.41) is 13.0. The Morgan fingerprint density at radius 1 is 1.35 bits per heavy atom. The number of ether oxygens (including phenoxy) is 1. The summed E-state index contributed by atoms with van der Waals surface area (Å²) in [5.74, 6) is -0.958. The number of benzene rings is 1. The van der Waals surface area contributed by atoms with Crippen LogP contribution in [0.3, 0.4) is 0 Å². The van der Waals surface area contributed by atoms with Crippen LogP contribution in [0.5, 0.6) is 0 Å². The molecule has 1 aromatic heterocycles. The number of hydrogen-bond donors (Lipinski definition) is 1. The second-order valence-electron chi connectivity index (χ2n) is 4.64. The number of aromatic nitrogens is 2. The van der Waals surface area contributed by atoms with Gasteiger partial charge in [-0.25, -0.2) is 4.79 Å². The van der Waals surface area contributed by atoms with Crippen molar-refractivity contribution in [2.24, 2.45) is 0 Å². The fourth-order valence-corrected chi connectivity index (χ4v) is 1.89. The molecule has 2 rings (SSSR count). The Morgan fingerprint density at radius 3 is 2.80 bits per heavy atom. The maximum absolute atomic E-state index is 10.9. The predicted molar refractivity (Wildman–Crippen MR) is 74.5 cm³/mol. The SMILES string of the molecule is CC(CCn1nccc1C(=O)O)OCc1ccccc1. The molecule has 0 bridgehead atoms. The fourth-order valence-electron chi connectivity index (χ4n) is 1.89. The van der Waals surface area contributed by atoms with Crippen LogP contribution in [-0.4, -0.2) is 27.0 Å². The molecule has 5 nitrogen and oxygen atoms in total. The molecule has 0 aliphatic heterocycles. The van der Waals surface area contributed by atoms with Crippen molar-refractivity contribution in [1.29, 1.82) is 0 Å². The zero-order valence-corrected chi connectivity index (χ0v) is 11.4. The van der Waals surface area contributed by atoms with E-state index < -0.39 is 5.97 Å². The van der Waals surface area contributed by atoms with E-state index in [2.05, 4.69) is 5.10 Å². The summed E-state index contributed by atoms with van der Waals surface area (Å²) in [5.41, 5.74) is 1.34. The van der Waals surface area contributed by atoms with Crippen LogP contribution in [0.15, 0.2) is 42.6 Å². The van der Waals surface area contributed by atoms with Crippen LogP contribution in [0.1, 0.15) is 29.4 Å². The molecule has 20 heavy (non-hydrogen) atoms. The molecule has 0 spiro atoms. The van der Waals surface area contributed by atoms with Crippen LogP contribution in [0, 0.1) is 0 Å². The van der Waals surface area contributed by atoms with Crippen LogP contribution in [0.4, 0.5) is 0 Å². The van der Waals surface area contributed by atoms with Crippen molar-refractivity contribution in [3.63, 3.8) is 0 Å². The number of carboxylic acids is 1. The molecule has 1 unspecified atom stereocenters. The van der Waals surface area contributed by atoms with Crippen LogP contribution >= 0.6 is 0 Å². The average molecular weight is 274 g/mol. The van der Waals surface area contributed by atoms with E-state index in [1.54, 1.807) is 0 Å². The Balaban J connectivity index is 1.79. The first-order chi connectivity index (χ1) is 9.66. The van der Waals surface area contributed by atoms with Crippen molar-refractivity contribution in [3.05, 3.63) is 53.9 Å². The Morgan fingerprint density at radius 2 is 2.10 bits per heavy atom. The van der Waals surface area contributed by atoms with E-state index in [0.29, 0.717) is 13.2 Å². The van der Waals surface area contributed by atoms with Gasteiger partial charge in [0.2, 0.25) is 0 Å². The van der Waals surface area contributed by atoms with Crippen LogP contribution in [0.25, 0.3) is 0 Å². The molecular formula is C15H18N2O3. The van der Waals surface area contributed by atoms with E-state index >= 15 is 0 Å². The van der Waals surface area contributed by atoms with E-state index in [-0.39, 0.29) is 11.8 Å². The summed E-state index contributed by atoms with van der Waals surface area (Å²) in [6.45, 7) is 3.07. The second-order valence-corrected chi connectivity index (χ2v) is 4.64. The summed E-state index contributed by atoms with van der Waals surface area (Å²) in [7, 11) is 0. The minimum Gasteiger partial charge on any atom is -0.477 e. The third-order valence-corrected chi connectivity index (χ3v) is 3.06. The largest absolute Gasteiger partial charge is 0.477 e. The highest BCUT2D eigenvalue weighted by Crippen LogP contribution is 2.08. The molecular weight excluding hydrogens is 256 g/mol. The molecule has 0 amide bonds. The maximum Gasteiger partial charge on any atom is 0.354 e. The number of carboxylic acid groups (broad SMARTS) is 1. The van der Waals surface area contributed by atoms with Crippen LogP contribution < -0.4 is 0 Å². The zero-order valence-electron chi connectivity index (χ0n) is 11.4. The van der Waals surface area contributed by atoms with Gasteiger partial charge in [0, 0.05) is 12.7 Å². The lowest BCUT2D eigenvalue weighted by molar-refractivity contribution is 0.0435. The van der Waals surface area contributed by atoms with Gasteiger partial charge in [0.25, 0.3) is 0 Å². The lowest BCUT2D eigenvalue weighted by atomic mass is 10.2. The molecule has 1 heterocycles. The van der Waals surface area contributed by atoms with Crippen molar-refractivity contribution in [2.45, 2.75) is 32.6 Å². The lowest BCUT2D eigenvalue weighted by Crippen LogP contribution is -2.16. The standard InChI is InChI=1S/C15H18N2O3/c1-12(20-11-13-5-3-2-4-6-13)8-10-17-14(15(18)19)7-9-16-17/h2-7,9,12H,8,10-11H2,1H3,(H,18,19). The first kappa shape index (κ1) is 14.3. The molecule has 0 aliphatic carbocycles. The molecule has 1 aromatic carbocycles. The van der Waals surface area contributed by atoms with E-state index in [4.69, 9.17) is 9.84 Å². The first-order valence-electron chi connectivity index (χ1n) is 6.57. The smallest absolute Gasteiger partial charge is 0.354 e. The van der Waals surface area contributed by atoms with Crippen molar-refractivity contribution in [2.75, 3.05) is 0 Å². The van der Waals surface area contributed by atoms with Crippen LogP contribution in [-0.2, 0) is 17.9 Å². The van der Waals surface area contributed by atoms with E-state index in [1.807, 2.05) is 37.3 Å². The molecule has 0 saturated carbocycles. The topological polar surface area (TPSA) is 64.4 Å². The molecule has 0 fully saturated rings. The Hall–Kier alpha value is -2.14. The van der Waals surface area contributed by atoms with Gasteiger partial charge in [0.1, 0.15) is 5.69 Å². The van der Waals surface area contributed by atoms with Gasteiger partial charge >= 0.3 is 5.97 Å². The van der Waals surface area contributed by atoms with Gasteiger partial charge in [-0.2, -0.15) is 5.10 Å². The van der Waals surface area contributed by atoms with E-state index in [1.165, 1.54) is 16.9 Å². The Bertz CT molecular complexity index is 551. The minimum absolute atomic E-state index is 0.0426. The molecule has 1 atom stereocenters. The number of nitrogens with zero attached hydrogens (tertiary/aromatic N) is 2. The number of carbonyl (C=O) groups is 1. The fraction of sp³-hybridized carbons (Fsp3) is 0.333. The molecule has 1 N–H and O–H groups in total. The van der Waals surface area contributed by atoms with Gasteiger partial charge in [-0.1, -0.05) is 30.3 Å². The first-order valence-corrected chi connectivity index (χ1v) is 6.57. The highest BCUT2D eigenvalue weighted by molar-refractivity contribution is 5.85. The highest BCUT2D eigenvalue weighted by Gasteiger charge is 2.11. The minimum atomic E-state index is -0.958. The monoisotopic (exact) mass is 274 g/mol. The molecule has 2 aromatic rings. The predicted octanol–water partition coefficient (Wildman–Crippen LogP) is 2.58. The summed E-state index contributed by atoms with van der Waals surface area (Å²) in [4.78, 5) is 10.9. The lowest BCUT2D eigenvalue weighted by Gasteiger charge is -2.13. The summed E-state index contributed by atoms with van der Waals surface area (Å²) in [6, 6.07) is 11.5. The molecule has 0 aliphatic rings. The Kier molecular flexibility index (Phi) is 4.90. The zero-order chi connectivity index (χ0) is 14.4. The van der Waals surface area contributed by atoms with Gasteiger partial charge in [0.15, 0.2) is 0 Å². The average Bonchev–Trinajstić information content (AvgIpc) is 2.92. The second kappa shape index (κ2) is 6.86. The normalized spacial score (nSPS) is 12.2. The molecule has 106 valence electrons. The van der Waals surface area contributed by atoms with Gasteiger partial charge in [0.05, 0.1) is 12.7 Å². The van der Waals surface area contributed by atoms with Crippen molar-refractivity contribution in [3.8, 4) is 0 Å². The molecule has 0 radical (unpaired) electrons. The summed E-state index contributed by atoms with van der Waals surface area (Å²) >= 11 is 0. The van der Waals surface area contributed by atoms with Gasteiger partial charge in [-0.3, -0.25) is 4.68 Å². The molecule has 0 saturated heterocycles. The quantitative estimate of drug-likeness (QED) is 0.842. The van der Waals surface area contributed by atoms with Crippen molar-refractivity contribution in [1.82, 2.24) is 9.78 Å². The number of aromatic carboxylic acids is 1. The third kappa shape index (κ3) is 3.93.